The number of aryl methyl sites for hydroxylation is 1. The van der Waals surface area contributed by atoms with E-state index in [1.165, 1.54) is 5.56 Å². The van der Waals surface area contributed by atoms with E-state index in [2.05, 4.69) is 6.92 Å². The van der Waals surface area contributed by atoms with Gasteiger partial charge in [0.15, 0.2) is 0 Å². The van der Waals surface area contributed by atoms with Crippen LogP contribution in [0, 0.1) is 12.8 Å². The molecule has 0 N–H and O–H groups in total. The van der Waals surface area contributed by atoms with Crippen molar-refractivity contribution in [3.8, 4) is 5.75 Å². The molecule has 13 heavy (non-hydrogen) atoms. The van der Waals surface area contributed by atoms with Gasteiger partial charge in [0.25, 0.3) is 0 Å². The molecule has 1 nitrogen and oxygen atoms in total. The van der Waals surface area contributed by atoms with Crippen LogP contribution in [-0.4, -0.2) is 12.5 Å². The Morgan fingerprint density at radius 2 is 2.08 bits per heavy atom. The molecule has 0 aliphatic rings. The van der Waals surface area contributed by atoms with Gasteiger partial charge in [0.2, 0.25) is 0 Å². The van der Waals surface area contributed by atoms with Crippen molar-refractivity contribution in [2.45, 2.75) is 13.8 Å². The zero-order valence-electron chi connectivity index (χ0n) is 8.09. The molecule has 1 atom stereocenters. The van der Waals surface area contributed by atoms with E-state index in [9.17, 15) is 0 Å². The van der Waals surface area contributed by atoms with Crippen LogP contribution in [0.4, 0.5) is 0 Å². The van der Waals surface area contributed by atoms with E-state index < -0.39 is 0 Å². The third-order valence-corrected chi connectivity index (χ3v) is 2.41. The van der Waals surface area contributed by atoms with Crippen LogP contribution in [0.2, 0.25) is 0 Å². The summed E-state index contributed by atoms with van der Waals surface area (Å²) in [5, 5.41) is 0. The Balaban J connectivity index is 2.50. The Morgan fingerprint density at radius 1 is 1.38 bits per heavy atom. The van der Waals surface area contributed by atoms with Crippen LogP contribution < -0.4 is 4.74 Å². The molecule has 0 bridgehead atoms. The van der Waals surface area contributed by atoms with Crippen LogP contribution in [0.5, 0.6) is 5.75 Å². The highest BCUT2D eigenvalue weighted by Gasteiger charge is 2.02. The molecule has 0 saturated carbocycles. The molecular weight excluding hydrogens is 184 g/mol. The van der Waals surface area contributed by atoms with Gasteiger partial charge in [-0.1, -0.05) is 25.1 Å². The van der Waals surface area contributed by atoms with E-state index in [-0.39, 0.29) is 0 Å². The summed E-state index contributed by atoms with van der Waals surface area (Å²) in [6, 6.07) is 8.01. The van der Waals surface area contributed by atoms with Gasteiger partial charge in [-0.15, -0.1) is 11.6 Å². The number of ether oxygens (including phenoxy) is 1. The number of halogens is 1. The van der Waals surface area contributed by atoms with Crippen molar-refractivity contribution in [2.24, 2.45) is 5.92 Å². The Bertz CT molecular complexity index is 260. The summed E-state index contributed by atoms with van der Waals surface area (Å²) >= 11 is 5.68. The minimum Gasteiger partial charge on any atom is -0.493 e. The summed E-state index contributed by atoms with van der Waals surface area (Å²) in [6.07, 6.45) is 0. The molecule has 1 aromatic rings. The lowest BCUT2D eigenvalue weighted by molar-refractivity contribution is 0.271. The van der Waals surface area contributed by atoms with Gasteiger partial charge in [-0.05, 0) is 18.6 Å². The third-order valence-electron chi connectivity index (χ3n) is 1.88. The van der Waals surface area contributed by atoms with E-state index in [4.69, 9.17) is 16.3 Å². The molecule has 2 heteroatoms. The summed E-state index contributed by atoms with van der Waals surface area (Å²) < 4.78 is 5.60. The average molecular weight is 199 g/mol. The van der Waals surface area contributed by atoms with E-state index in [0.29, 0.717) is 18.4 Å². The molecule has 1 aromatic carbocycles. The maximum Gasteiger partial charge on any atom is 0.122 e. The zero-order chi connectivity index (χ0) is 9.68. The fraction of sp³-hybridized carbons (Fsp3) is 0.455. The largest absolute Gasteiger partial charge is 0.493 e. The molecule has 0 amide bonds. The smallest absolute Gasteiger partial charge is 0.122 e. The van der Waals surface area contributed by atoms with Gasteiger partial charge in [0.05, 0.1) is 6.61 Å². The van der Waals surface area contributed by atoms with Gasteiger partial charge < -0.3 is 4.74 Å². The lowest BCUT2D eigenvalue weighted by Gasteiger charge is -2.11. The summed E-state index contributed by atoms with van der Waals surface area (Å²) in [5.41, 5.74) is 1.17. The van der Waals surface area contributed by atoms with Gasteiger partial charge >= 0.3 is 0 Å². The quantitative estimate of drug-likeness (QED) is 0.675. The molecule has 1 rings (SSSR count). The highest BCUT2D eigenvalue weighted by atomic mass is 35.5. The summed E-state index contributed by atoms with van der Waals surface area (Å²) in [7, 11) is 0. The maximum atomic E-state index is 5.68. The van der Waals surface area contributed by atoms with Crippen molar-refractivity contribution in [1.82, 2.24) is 0 Å². The Morgan fingerprint density at radius 3 is 2.69 bits per heavy atom. The first-order valence-electron chi connectivity index (χ1n) is 4.48. The Hall–Kier alpha value is -0.690. The van der Waals surface area contributed by atoms with Crippen LogP contribution >= 0.6 is 11.6 Å². The molecule has 1 unspecified atom stereocenters. The molecule has 72 valence electrons. The fourth-order valence-corrected chi connectivity index (χ4v) is 1.08. The summed E-state index contributed by atoms with van der Waals surface area (Å²) in [6.45, 7) is 4.81. The second kappa shape index (κ2) is 5.13. The molecule has 0 heterocycles. The van der Waals surface area contributed by atoms with Crippen LogP contribution in [0.15, 0.2) is 24.3 Å². The molecular formula is C11H15ClO. The maximum absolute atomic E-state index is 5.68. The first kappa shape index (κ1) is 10.4. The molecule has 0 saturated heterocycles. The third kappa shape index (κ3) is 3.27. The number of alkyl halides is 1. The van der Waals surface area contributed by atoms with Gasteiger partial charge in [0, 0.05) is 11.8 Å². The van der Waals surface area contributed by atoms with Gasteiger partial charge in [-0.2, -0.15) is 0 Å². The van der Waals surface area contributed by atoms with Crippen molar-refractivity contribution >= 4 is 11.6 Å². The van der Waals surface area contributed by atoms with Gasteiger partial charge in [-0.25, -0.2) is 0 Å². The first-order chi connectivity index (χ1) is 6.24. The lowest BCUT2D eigenvalue weighted by Crippen LogP contribution is -2.10. The molecule has 0 radical (unpaired) electrons. The van der Waals surface area contributed by atoms with E-state index >= 15 is 0 Å². The average Bonchev–Trinajstić information content (AvgIpc) is 2.16. The van der Waals surface area contributed by atoms with Gasteiger partial charge in [-0.3, -0.25) is 0 Å². The fourth-order valence-electron chi connectivity index (χ4n) is 0.995. The van der Waals surface area contributed by atoms with E-state index in [1.807, 2.05) is 31.2 Å². The van der Waals surface area contributed by atoms with Crippen molar-refractivity contribution < 1.29 is 4.74 Å². The second-order valence-corrected chi connectivity index (χ2v) is 3.64. The van der Waals surface area contributed by atoms with E-state index in [0.717, 1.165) is 5.75 Å². The Kier molecular flexibility index (Phi) is 4.10. The predicted molar refractivity (Wildman–Crippen MR) is 56.6 cm³/mol. The van der Waals surface area contributed by atoms with Gasteiger partial charge in [0.1, 0.15) is 5.75 Å². The zero-order valence-corrected chi connectivity index (χ0v) is 8.84. The normalized spacial score (nSPS) is 12.5. The number of rotatable bonds is 4. The minimum atomic E-state index is 0.404. The lowest BCUT2D eigenvalue weighted by atomic mass is 10.2. The topological polar surface area (TPSA) is 9.23 Å². The van der Waals surface area contributed by atoms with Crippen LogP contribution in [-0.2, 0) is 0 Å². The monoisotopic (exact) mass is 198 g/mol. The predicted octanol–water partition coefficient (Wildman–Crippen LogP) is 3.25. The number of hydrogen-bond acceptors (Lipinski definition) is 1. The summed E-state index contributed by atoms with van der Waals surface area (Å²) in [5.74, 6) is 2.01. The number of benzene rings is 1. The first-order valence-corrected chi connectivity index (χ1v) is 5.02. The minimum absolute atomic E-state index is 0.404. The number of para-hydroxylation sites is 1. The SMILES string of the molecule is Cc1ccccc1OCC(C)CCl. The molecule has 0 fully saturated rings. The van der Waals surface area contributed by atoms with Crippen LogP contribution in [0.25, 0.3) is 0 Å². The Labute approximate surface area is 84.7 Å². The standard InChI is InChI=1S/C11H15ClO/c1-9(7-12)8-13-11-6-4-3-5-10(11)2/h3-6,9H,7-8H2,1-2H3. The highest BCUT2D eigenvalue weighted by Crippen LogP contribution is 2.17. The highest BCUT2D eigenvalue weighted by molar-refractivity contribution is 6.18. The molecule has 0 aliphatic carbocycles. The van der Waals surface area contributed by atoms with Crippen molar-refractivity contribution in [1.29, 1.82) is 0 Å². The molecule has 0 aromatic heterocycles. The molecule has 0 aliphatic heterocycles. The van der Waals surface area contributed by atoms with Crippen LogP contribution in [0.3, 0.4) is 0 Å². The molecule has 0 spiro atoms. The summed E-state index contributed by atoms with van der Waals surface area (Å²) in [4.78, 5) is 0. The second-order valence-electron chi connectivity index (χ2n) is 3.34. The van der Waals surface area contributed by atoms with Crippen LogP contribution in [0.1, 0.15) is 12.5 Å². The van der Waals surface area contributed by atoms with Crippen molar-refractivity contribution in [3.63, 3.8) is 0 Å². The van der Waals surface area contributed by atoms with Crippen molar-refractivity contribution in [3.05, 3.63) is 29.8 Å². The van der Waals surface area contributed by atoms with E-state index in [1.54, 1.807) is 0 Å². The van der Waals surface area contributed by atoms with Crippen molar-refractivity contribution in [2.75, 3.05) is 12.5 Å². The number of hydrogen-bond donors (Lipinski definition) is 0.